The number of benzene rings is 1. The quantitative estimate of drug-likeness (QED) is 0.662. The second kappa shape index (κ2) is 7.33. The molecular weight excluding hydrogens is 437 g/mol. The molecule has 1 aromatic carbocycles. The van der Waals surface area contributed by atoms with E-state index >= 15 is 0 Å². The van der Waals surface area contributed by atoms with Gasteiger partial charge in [-0.25, -0.2) is 9.37 Å². The molecule has 2 heterocycles. The van der Waals surface area contributed by atoms with Gasteiger partial charge in [0.2, 0.25) is 0 Å². The van der Waals surface area contributed by atoms with Gasteiger partial charge < -0.3 is 10.1 Å². The highest BCUT2D eigenvalue weighted by atomic mass is 35.5. The van der Waals surface area contributed by atoms with E-state index in [2.05, 4.69) is 15.3 Å². The fourth-order valence-corrected chi connectivity index (χ4v) is 5.39. The summed E-state index contributed by atoms with van der Waals surface area (Å²) < 4.78 is 19.0. The van der Waals surface area contributed by atoms with Gasteiger partial charge in [-0.1, -0.05) is 11.6 Å². The van der Waals surface area contributed by atoms with Crippen LogP contribution >= 0.6 is 11.6 Å². The van der Waals surface area contributed by atoms with Crippen LogP contribution in [0.5, 0.6) is 5.75 Å². The van der Waals surface area contributed by atoms with E-state index in [1.165, 1.54) is 19.3 Å². The van der Waals surface area contributed by atoms with E-state index in [0.29, 0.717) is 42.0 Å². The van der Waals surface area contributed by atoms with Gasteiger partial charge in [0, 0.05) is 17.0 Å². The minimum absolute atomic E-state index is 0.0367. The molecule has 1 aliphatic heterocycles. The smallest absolute Gasteiger partial charge is 0.261 e. The van der Waals surface area contributed by atoms with Crippen molar-refractivity contribution in [1.82, 2.24) is 15.3 Å². The SMILES string of the molecule is CC(F)c1cnc(C(=O)CC23CC(NC(=O)C4CC(=O)c5cc(Cl)ccc5O4)(C2)C3)cn1. The lowest BCUT2D eigenvalue weighted by atomic mass is 9.38. The normalized spacial score (nSPS) is 28.5. The molecule has 1 N–H and O–H groups in total. The second-order valence-corrected chi connectivity index (χ2v) is 9.65. The van der Waals surface area contributed by atoms with Gasteiger partial charge in [-0.2, -0.15) is 0 Å². The molecule has 2 aromatic rings. The Balaban J connectivity index is 1.16. The zero-order chi connectivity index (χ0) is 22.7. The minimum Gasteiger partial charge on any atom is -0.479 e. The molecule has 3 fully saturated rings. The predicted molar refractivity (Wildman–Crippen MR) is 112 cm³/mol. The van der Waals surface area contributed by atoms with Crippen molar-refractivity contribution in [3.8, 4) is 5.75 Å². The summed E-state index contributed by atoms with van der Waals surface area (Å²) >= 11 is 5.93. The summed E-state index contributed by atoms with van der Waals surface area (Å²) in [6.07, 6.45) is 2.85. The number of carbonyl (C=O) groups excluding carboxylic acids is 3. The summed E-state index contributed by atoms with van der Waals surface area (Å²) in [6, 6.07) is 4.76. The molecule has 0 spiro atoms. The molecular formula is C23H21ClFN3O4. The van der Waals surface area contributed by atoms with Crippen LogP contribution in [0.4, 0.5) is 4.39 Å². The Morgan fingerprint density at radius 3 is 2.69 bits per heavy atom. The molecule has 1 aromatic heterocycles. The van der Waals surface area contributed by atoms with E-state index in [0.717, 1.165) is 0 Å². The number of alkyl halides is 1. The third-order valence-electron chi connectivity index (χ3n) is 6.60. The van der Waals surface area contributed by atoms with Gasteiger partial charge >= 0.3 is 0 Å². The fourth-order valence-electron chi connectivity index (χ4n) is 5.22. The first-order chi connectivity index (χ1) is 15.2. The molecule has 2 bridgehead atoms. The van der Waals surface area contributed by atoms with Gasteiger partial charge in [0.1, 0.15) is 17.6 Å². The van der Waals surface area contributed by atoms with Gasteiger partial charge in [-0.15, -0.1) is 0 Å². The summed E-state index contributed by atoms with van der Waals surface area (Å²) in [5.74, 6) is -0.269. The summed E-state index contributed by atoms with van der Waals surface area (Å²) in [5, 5.41) is 3.47. The topological polar surface area (TPSA) is 98.2 Å². The van der Waals surface area contributed by atoms with Crippen molar-refractivity contribution in [3.63, 3.8) is 0 Å². The zero-order valence-electron chi connectivity index (χ0n) is 17.4. The van der Waals surface area contributed by atoms with E-state index in [1.807, 2.05) is 0 Å². The third kappa shape index (κ3) is 3.56. The zero-order valence-corrected chi connectivity index (χ0v) is 18.1. The Labute approximate surface area is 188 Å². The first kappa shape index (κ1) is 21.0. The number of ketones is 2. The maximum atomic E-state index is 13.2. The Morgan fingerprint density at radius 1 is 1.28 bits per heavy atom. The number of Topliss-reactive ketones (excluding diaryl/α,β-unsaturated/α-hetero) is 2. The number of rotatable bonds is 6. The van der Waals surface area contributed by atoms with Crippen molar-refractivity contribution in [2.24, 2.45) is 5.41 Å². The molecule has 1 amide bonds. The number of halogens is 2. The maximum absolute atomic E-state index is 13.2. The number of ether oxygens (including phenoxy) is 1. The van der Waals surface area contributed by atoms with Gasteiger partial charge in [-0.05, 0) is 49.8 Å². The molecule has 7 nitrogen and oxygen atoms in total. The van der Waals surface area contributed by atoms with Crippen LogP contribution in [0, 0.1) is 5.41 Å². The molecule has 2 unspecified atom stereocenters. The number of hydrogen-bond donors (Lipinski definition) is 1. The monoisotopic (exact) mass is 457 g/mol. The minimum atomic E-state index is -1.23. The van der Waals surface area contributed by atoms with Crippen molar-refractivity contribution < 1.29 is 23.5 Å². The van der Waals surface area contributed by atoms with Crippen LogP contribution in [0.25, 0.3) is 0 Å². The molecule has 0 saturated heterocycles. The second-order valence-electron chi connectivity index (χ2n) is 9.22. The molecule has 9 heteroatoms. The molecule has 32 heavy (non-hydrogen) atoms. The summed E-state index contributed by atoms with van der Waals surface area (Å²) in [6.45, 7) is 1.36. The number of amides is 1. The highest BCUT2D eigenvalue weighted by molar-refractivity contribution is 6.31. The predicted octanol–water partition coefficient (Wildman–Crippen LogP) is 3.81. The molecule has 3 saturated carbocycles. The van der Waals surface area contributed by atoms with E-state index in [-0.39, 0.29) is 46.2 Å². The van der Waals surface area contributed by atoms with Gasteiger partial charge in [-0.3, -0.25) is 19.4 Å². The van der Waals surface area contributed by atoms with Crippen LogP contribution in [0.1, 0.15) is 71.7 Å². The standard InChI is InChI=1S/C23H21ClFN3O4/c1-12(25)15-7-27-16(8-26-15)18(30)6-22-9-23(10-22,11-22)28-21(31)20-5-17(29)14-4-13(24)2-3-19(14)32-20/h2-4,7-8,12,20H,5-6,9-11H2,1H3,(H,28,31). The van der Waals surface area contributed by atoms with Gasteiger partial charge in [0.05, 0.1) is 30.1 Å². The highest BCUT2D eigenvalue weighted by Crippen LogP contribution is 2.69. The summed E-state index contributed by atoms with van der Waals surface area (Å²) in [4.78, 5) is 45.7. The van der Waals surface area contributed by atoms with E-state index in [1.54, 1.807) is 18.2 Å². The number of carbonyl (C=O) groups is 3. The Bertz CT molecular complexity index is 1110. The number of hydrogen-bond acceptors (Lipinski definition) is 6. The lowest BCUT2D eigenvalue weighted by Crippen LogP contribution is -2.75. The van der Waals surface area contributed by atoms with Crippen LogP contribution in [0.15, 0.2) is 30.6 Å². The molecule has 2 atom stereocenters. The first-order valence-corrected chi connectivity index (χ1v) is 10.9. The molecule has 0 radical (unpaired) electrons. The molecule has 3 aliphatic carbocycles. The Kier molecular flexibility index (Phi) is 4.81. The Morgan fingerprint density at radius 2 is 2.03 bits per heavy atom. The van der Waals surface area contributed by atoms with E-state index in [4.69, 9.17) is 16.3 Å². The van der Waals surface area contributed by atoms with Crippen molar-refractivity contribution in [2.45, 2.75) is 56.8 Å². The van der Waals surface area contributed by atoms with Crippen molar-refractivity contribution in [1.29, 1.82) is 0 Å². The van der Waals surface area contributed by atoms with Crippen molar-refractivity contribution >= 4 is 29.1 Å². The molecule has 166 valence electrons. The average molecular weight is 458 g/mol. The van der Waals surface area contributed by atoms with Crippen LogP contribution < -0.4 is 10.1 Å². The first-order valence-electron chi connectivity index (χ1n) is 10.5. The number of nitrogens with one attached hydrogen (secondary N) is 1. The van der Waals surface area contributed by atoms with Crippen LogP contribution in [0.3, 0.4) is 0 Å². The number of fused-ring (bicyclic) bond motifs is 1. The molecule has 6 rings (SSSR count). The van der Waals surface area contributed by atoms with Crippen LogP contribution in [-0.2, 0) is 4.79 Å². The average Bonchev–Trinajstić information content (AvgIpc) is 2.71. The summed E-state index contributed by atoms with van der Waals surface area (Å²) in [5.41, 5.74) is 0.322. The van der Waals surface area contributed by atoms with Gasteiger partial charge in [0.25, 0.3) is 5.91 Å². The van der Waals surface area contributed by atoms with Crippen molar-refractivity contribution in [2.75, 3.05) is 0 Å². The van der Waals surface area contributed by atoms with Crippen LogP contribution in [-0.4, -0.2) is 39.1 Å². The van der Waals surface area contributed by atoms with Gasteiger partial charge in [0.15, 0.2) is 17.7 Å². The fraction of sp³-hybridized carbons (Fsp3) is 0.435. The largest absolute Gasteiger partial charge is 0.479 e. The van der Waals surface area contributed by atoms with Crippen molar-refractivity contribution in [3.05, 3.63) is 52.6 Å². The molecule has 4 aliphatic rings. The third-order valence-corrected chi connectivity index (χ3v) is 6.84. The van der Waals surface area contributed by atoms with Crippen LogP contribution in [0.2, 0.25) is 5.02 Å². The Hall–Kier alpha value is -2.87. The number of aromatic nitrogens is 2. The lowest BCUT2D eigenvalue weighted by Gasteiger charge is -2.70. The lowest BCUT2D eigenvalue weighted by molar-refractivity contribution is -0.167. The highest BCUT2D eigenvalue weighted by Gasteiger charge is 2.68. The van der Waals surface area contributed by atoms with E-state index < -0.39 is 12.3 Å². The summed E-state index contributed by atoms with van der Waals surface area (Å²) in [7, 11) is 0. The van der Waals surface area contributed by atoms with E-state index in [9.17, 15) is 18.8 Å². The number of nitrogens with zero attached hydrogens (tertiary/aromatic N) is 2. The maximum Gasteiger partial charge on any atom is 0.261 e.